The quantitative estimate of drug-likeness (QED) is 0.628. The van der Waals surface area contributed by atoms with Gasteiger partial charge < -0.3 is 19.5 Å². The Morgan fingerprint density at radius 3 is 2.87 bits per heavy atom. The minimum absolute atomic E-state index is 0.0880. The number of esters is 1. The Labute approximate surface area is 136 Å². The van der Waals surface area contributed by atoms with Crippen molar-refractivity contribution in [1.82, 2.24) is 10.6 Å². The lowest BCUT2D eigenvalue weighted by Gasteiger charge is -2.03. The van der Waals surface area contributed by atoms with Crippen LogP contribution in [0.25, 0.3) is 6.08 Å². The van der Waals surface area contributed by atoms with E-state index in [1.54, 1.807) is 12.1 Å². The number of carbonyl (C=O) groups excluding carboxylic acids is 3. The van der Waals surface area contributed by atoms with Crippen LogP contribution in [-0.4, -0.2) is 38.4 Å². The third kappa shape index (κ3) is 4.62. The lowest BCUT2D eigenvalue weighted by atomic mass is 10.2. The van der Waals surface area contributed by atoms with Crippen LogP contribution in [0.2, 0.25) is 5.02 Å². The normalized spacial score (nSPS) is 12.1. The van der Waals surface area contributed by atoms with E-state index in [4.69, 9.17) is 21.1 Å². The zero-order valence-corrected chi connectivity index (χ0v) is 12.8. The summed E-state index contributed by atoms with van der Waals surface area (Å²) in [4.78, 5) is 33.6. The van der Waals surface area contributed by atoms with E-state index >= 15 is 0 Å². The highest BCUT2D eigenvalue weighted by Crippen LogP contribution is 2.39. The molecule has 0 atom stereocenters. The maximum Gasteiger partial charge on any atom is 0.331 e. The number of ether oxygens (including phenoxy) is 3. The number of imide groups is 1. The lowest BCUT2D eigenvalue weighted by molar-refractivity contribution is -0.143. The molecule has 0 saturated carbocycles. The highest BCUT2D eigenvalue weighted by molar-refractivity contribution is 6.32. The van der Waals surface area contributed by atoms with Crippen LogP contribution < -0.4 is 20.1 Å². The summed E-state index contributed by atoms with van der Waals surface area (Å²) in [5, 5.41) is 4.51. The van der Waals surface area contributed by atoms with E-state index < -0.39 is 24.5 Å². The summed E-state index contributed by atoms with van der Waals surface area (Å²) in [5.74, 6) is -0.546. The first-order valence-electron chi connectivity index (χ1n) is 6.45. The van der Waals surface area contributed by atoms with Crippen molar-refractivity contribution < 1.29 is 28.6 Å². The van der Waals surface area contributed by atoms with Gasteiger partial charge in [0.05, 0.1) is 5.02 Å². The Kier molecular flexibility index (Phi) is 5.42. The van der Waals surface area contributed by atoms with Crippen molar-refractivity contribution in [3.05, 3.63) is 28.8 Å². The van der Waals surface area contributed by atoms with Gasteiger partial charge in [-0.15, -0.1) is 0 Å². The predicted molar refractivity (Wildman–Crippen MR) is 80.2 cm³/mol. The van der Waals surface area contributed by atoms with E-state index in [9.17, 15) is 14.4 Å². The number of urea groups is 1. The maximum atomic E-state index is 11.5. The van der Waals surface area contributed by atoms with Gasteiger partial charge in [0.1, 0.15) is 0 Å². The van der Waals surface area contributed by atoms with Gasteiger partial charge >= 0.3 is 12.0 Å². The Bertz CT molecular complexity index is 673. The predicted octanol–water partition coefficient (Wildman–Crippen LogP) is 1.08. The molecular formula is C14H13ClN2O6. The fourth-order valence-corrected chi connectivity index (χ4v) is 1.93. The van der Waals surface area contributed by atoms with Gasteiger partial charge in [0, 0.05) is 13.1 Å². The topological polar surface area (TPSA) is 103 Å². The fourth-order valence-electron chi connectivity index (χ4n) is 1.66. The van der Waals surface area contributed by atoms with Gasteiger partial charge in [-0.2, -0.15) is 0 Å². The Balaban J connectivity index is 1.88. The van der Waals surface area contributed by atoms with Crippen LogP contribution in [-0.2, 0) is 14.3 Å². The molecule has 8 nitrogen and oxygen atoms in total. The molecule has 2 rings (SSSR count). The van der Waals surface area contributed by atoms with Gasteiger partial charge in [-0.1, -0.05) is 11.6 Å². The van der Waals surface area contributed by atoms with Crippen LogP contribution in [0.1, 0.15) is 5.56 Å². The molecule has 0 aliphatic carbocycles. The van der Waals surface area contributed by atoms with Gasteiger partial charge in [0.2, 0.25) is 6.79 Å². The van der Waals surface area contributed by atoms with Crippen LogP contribution >= 0.6 is 11.6 Å². The monoisotopic (exact) mass is 340 g/mol. The zero-order valence-electron chi connectivity index (χ0n) is 12.1. The van der Waals surface area contributed by atoms with E-state index in [2.05, 4.69) is 10.1 Å². The number of hydrogen-bond donors (Lipinski definition) is 2. The number of rotatable bonds is 4. The van der Waals surface area contributed by atoms with Crippen LogP contribution in [0.5, 0.6) is 11.5 Å². The molecule has 0 saturated heterocycles. The molecule has 0 bridgehead atoms. The van der Waals surface area contributed by atoms with Crippen molar-refractivity contribution in [3.63, 3.8) is 0 Å². The van der Waals surface area contributed by atoms with Gasteiger partial charge in [0.25, 0.3) is 5.91 Å². The second-order valence-electron chi connectivity index (χ2n) is 4.30. The molecule has 1 aliphatic rings. The number of nitrogens with one attached hydrogen (secondary N) is 2. The molecule has 0 unspecified atom stereocenters. The number of fused-ring (bicyclic) bond motifs is 1. The summed E-state index contributed by atoms with van der Waals surface area (Å²) in [6.07, 6.45) is 2.58. The molecular weight excluding hydrogens is 328 g/mol. The summed E-state index contributed by atoms with van der Waals surface area (Å²) in [6, 6.07) is 2.56. The van der Waals surface area contributed by atoms with Crippen molar-refractivity contribution in [2.24, 2.45) is 0 Å². The van der Waals surface area contributed by atoms with Crippen LogP contribution in [0.4, 0.5) is 4.79 Å². The summed E-state index contributed by atoms with van der Waals surface area (Å²) < 4.78 is 15.1. The minimum atomic E-state index is -0.745. The first kappa shape index (κ1) is 16.6. The molecule has 23 heavy (non-hydrogen) atoms. The summed E-state index contributed by atoms with van der Waals surface area (Å²) in [7, 11) is 1.36. The third-order valence-electron chi connectivity index (χ3n) is 2.69. The molecule has 1 aliphatic heterocycles. The van der Waals surface area contributed by atoms with E-state index in [1.165, 1.54) is 13.1 Å². The molecule has 3 amide bonds. The van der Waals surface area contributed by atoms with Crippen LogP contribution in [0.15, 0.2) is 18.2 Å². The second kappa shape index (κ2) is 7.50. The summed E-state index contributed by atoms with van der Waals surface area (Å²) in [6.45, 7) is -0.483. The molecule has 0 radical (unpaired) electrons. The Morgan fingerprint density at radius 1 is 1.35 bits per heavy atom. The molecule has 0 spiro atoms. The summed E-state index contributed by atoms with van der Waals surface area (Å²) >= 11 is 6.01. The number of hydrogen-bond acceptors (Lipinski definition) is 6. The standard InChI is InChI=1S/C14H13ClN2O6/c1-16-14(20)17-11(18)6-21-12(19)3-2-8-4-9(15)13-10(5-8)22-7-23-13/h2-5H,6-7H2,1H3,(H2,16,17,18,20)/b3-2+. The van der Waals surface area contributed by atoms with Gasteiger partial charge in [-0.25, -0.2) is 9.59 Å². The average molecular weight is 341 g/mol. The van der Waals surface area contributed by atoms with Gasteiger partial charge in [-0.3, -0.25) is 10.1 Å². The maximum absolute atomic E-state index is 11.5. The largest absolute Gasteiger partial charge is 0.454 e. The number of benzene rings is 1. The van der Waals surface area contributed by atoms with Gasteiger partial charge in [-0.05, 0) is 23.8 Å². The van der Waals surface area contributed by atoms with E-state index in [0.29, 0.717) is 22.1 Å². The highest BCUT2D eigenvalue weighted by atomic mass is 35.5. The molecule has 0 aromatic heterocycles. The van der Waals surface area contributed by atoms with Crippen LogP contribution in [0.3, 0.4) is 0 Å². The zero-order chi connectivity index (χ0) is 16.8. The van der Waals surface area contributed by atoms with Crippen molar-refractivity contribution in [2.45, 2.75) is 0 Å². The van der Waals surface area contributed by atoms with E-state index in [1.807, 2.05) is 5.32 Å². The number of halogens is 1. The first-order chi connectivity index (χ1) is 11.0. The van der Waals surface area contributed by atoms with E-state index in [-0.39, 0.29) is 6.79 Å². The Morgan fingerprint density at radius 2 is 2.13 bits per heavy atom. The van der Waals surface area contributed by atoms with Crippen molar-refractivity contribution in [1.29, 1.82) is 0 Å². The summed E-state index contributed by atoms with van der Waals surface area (Å²) in [5.41, 5.74) is 0.603. The molecule has 1 aromatic rings. The number of amides is 3. The SMILES string of the molecule is CNC(=O)NC(=O)COC(=O)/C=C/c1cc(Cl)c2c(c1)OCO2. The second-order valence-corrected chi connectivity index (χ2v) is 4.71. The van der Waals surface area contributed by atoms with Gasteiger partial charge in [0.15, 0.2) is 18.1 Å². The molecule has 9 heteroatoms. The molecule has 122 valence electrons. The highest BCUT2D eigenvalue weighted by Gasteiger charge is 2.17. The smallest absolute Gasteiger partial charge is 0.331 e. The average Bonchev–Trinajstić information content (AvgIpc) is 2.99. The van der Waals surface area contributed by atoms with Crippen molar-refractivity contribution in [3.8, 4) is 11.5 Å². The first-order valence-corrected chi connectivity index (χ1v) is 6.83. The van der Waals surface area contributed by atoms with E-state index in [0.717, 1.165) is 6.08 Å². The van der Waals surface area contributed by atoms with Crippen molar-refractivity contribution in [2.75, 3.05) is 20.4 Å². The fraction of sp³-hybridized carbons (Fsp3) is 0.214. The molecule has 1 aromatic carbocycles. The van der Waals surface area contributed by atoms with Crippen LogP contribution in [0, 0.1) is 0 Å². The number of carbonyl (C=O) groups is 3. The third-order valence-corrected chi connectivity index (χ3v) is 2.97. The molecule has 2 N–H and O–H groups in total. The Hall–Kier alpha value is -2.74. The lowest BCUT2D eigenvalue weighted by Crippen LogP contribution is -2.39. The molecule has 0 fully saturated rings. The molecule has 1 heterocycles. The minimum Gasteiger partial charge on any atom is -0.454 e. The van der Waals surface area contributed by atoms with Crippen molar-refractivity contribution >= 4 is 35.6 Å².